The first kappa shape index (κ1) is 38.0. The number of aromatic nitrogens is 4. The Morgan fingerprint density at radius 2 is 0.864 bits per heavy atom. The molecular weight excluding hydrogens is 821 g/mol. The van der Waals surface area contributed by atoms with Gasteiger partial charge in [-0.15, -0.1) is 11.3 Å². The zero-order valence-corrected chi connectivity index (χ0v) is 36.5. The fourth-order valence-electron chi connectivity index (χ4n) is 9.61. The van der Waals surface area contributed by atoms with E-state index in [9.17, 15) is 0 Å². The Morgan fingerprint density at radius 3 is 1.67 bits per heavy atom. The molecule has 0 aliphatic carbocycles. The minimum Gasteiger partial charge on any atom is -0.309 e. The molecule has 3 aromatic heterocycles. The van der Waals surface area contributed by atoms with Crippen molar-refractivity contribution in [1.82, 2.24) is 19.5 Å². The number of fused-ring (bicyclic) bond motifs is 7. The molecule has 0 unspecified atom stereocenters. The summed E-state index contributed by atoms with van der Waals surface area (Å²) in [5.41, 5.74) is 13.4. The van der Waals surface area contributed by atoms with Crippen molar-refractivity contribution in [3.05, 3.63) is 231 Å². The van der Waals surface area contributed by atoms with E-state index in [2.05, 4.69) is 211 Å². The highest BCUT2D eigenvalue weighted by atomic mass is 32.1. The van der Waals surface area contributed by atoms with Crippen molar-refractivity contribution in [2.75, 3.05) is 0 Å². The Hall–Kier alpha value is -8.51. The SMILES string of the molecule is c1ccc(-c2ccc(-c3nc(-c4ccccc4)nc(-c4cccc(-c5cccc6sc7ccc(-c8ccc9c(c8)c8ccccc8n9-c8ccc9ccccc9c8)cc7c56)c4)n3)cc2)cc1. The quantitative estimate of drug-likeness (QED) is 0.160. The Bertz CT molecular complexity index is 3980. The van der Waals surface area contributed by atoms with Gasteiger partial charge in [0.25, 0.3) is 0 Å². The minimum absolute atomic E-state index is 0.634. The van der Waals surface area contributed by atoms with Crippen molar-refractivity contribution >= 4 is 64.1 Å². The van der Waals surface area contributed by atoms with Crippen LogP contribution in [0, 0.1) is 0 Å². The predicted molar refractivity (Wildman–Crippen MR) is 277 cm³/mol. The Morgan fingerprint density at radius 1 is 0.303 bits per heavy atom. The topological polar surface area (TPSA) is 43.6 Å². The van der Waals surface area contributed by atoms with Crippen molar-refractivity contribution in [2.45, 2.75) is 0 Å². The van der Waals surface area contributed by atoms with Gasteiger partial charge in [0.15, 0.2) is 17.5 Å². The number of benzene rings is 10. The summed E-state index contributed by atoms with van der Waals surface area (Å²) in [5, 5.41) is 7.47. The molecule has 308 valence electrons. The summed E-state index contributed by atoms with van der Waals surface area (Å²) in [7, 11) is 0. The van der Waals surface area contributed by atoms with Crippen LogP contribution >= 0.6 is 11.3 Å². The molecule has 13 rings (SSSR count). The second-order valence-corrected chi connectivity index (χ2v) is 17.9. The van der Waals surface area contributed by atoms with Crippen molar-refractivity contribution < 1.29 is 0 Å². The monoisotopic (exact) mass is 858 g/mol. The highest BCUT2D eigenvalue weighted by Crippen LogP contribution is 2.43. The van der Waals surface area contributed by atoms with Gasteiger partial charge in [-0.25, -0.2) is 15.0 Å². The van der Waals surface area contributed by atoms with E-state index in [-0.39, 0.29) is 0 Å². The second kappa shape index (κ2) is 15.6. The van der Waals surface area contributed by atoms with Crippen LogP contribution < -0.4 is 0 Å². The molecule has 0 amide bonds. The maximum Gasteiger partial charge on any atom is 0.164 e. The van der Waals surface area contributed by atoms with E-state index < -0.39 is 0 Å². The molecule has 0 bridgehead atoms. The van der Waals surface area contributed by atoms with Gasteiger partial charge in [-0.2, -0.15) is 0 Å². The largest absolute Gasteiger partial charge is 0.309 e. The molecule has 5 heteroatoms. The molecule has 0 fully saturated rings. The van der Waals surface area contributed by atoms with Crippen molar-refractivity contribution in [2.24, 2.45) is 0 Å². The highest BCUT2D eigenvalue weighted by molar-refractivity contribution is 7.26. The molecule has 0 aliphatic rings. The first-order valence-electron chi connectivity index (χ1n) is 22.2. The van der Waals surface area contributed by atoms with Crippen LogP contribution in [0.2, 0.25) is 0 Å². The summed E-state index contributed by atoms with van der Waals surface area (Å²) in [4.78, 5) is 15.2. The molecule has 0 aliphatic heterocycles. The molecule has 13 aromatic rings. The highest BCUT2D eigenvalue weighted by Gasteiger charge is 2.18. The van der Waals surface area contributed by atoms with Crippen LogP contribution in [-0.4, -0.2) is 19.5 Å². The molecule has 4 nitrogen and oxygen atoms in total. The van der Waals surface area contributed by atoms with Gasteiger partial charge in [0.1, 0.15) is 0 Å². The number of hydrogen-bond acceptors (Lipinski definition) is 4. The van der Waals surface area contributed by atoms with E-state index in [1.54, 1.807) is 0 Å². The van der Waals surface area contributed by atoms with E-state index in [4.69, 9.17) is 15.0 Å². The van der Waals surface area contributed by atoms with Gasteiger partial charge in [0.05, 0.1) is 11.0 Å². The average Bonchev–Trinajstić information content (AvgIpc) is 3.94. The van der Waals surface area contributed by atoms with Gasteiger partial charge in [-0.1, -0.05) is 176 Å². The number of hydrogen-bond donors (Lipinski definition) is 0. The maximum atomic E-state index is 5.13. The fraction of sp³-hybridized carbons (Fsp3) is 0. The van der Waals surface area contributed by atoms with E-state index in [0.29, 0.717) is 17.5 Å². The lowest BCUT2D eigenvalue weighted by Crippen LogP contribution is -2.00. The summed E-state index contributed by atoms with van der Waals surface area (Å²) in [6, 6.07) is 82.4. The van der Waals surface area contributed by atoms with Gasteiger partial charge in [-0.3, -0.25) is 0 Å². The standard InChI is InChI=1S/C61H38N4S/c1-3-13-39(14-4-1)41-25-27-43(28-26-41)60-62-59(42-16-5-2-6-17-42)63-61(64-60)48-20-11-19-47(35-48)50-22-12-24-57-58(50)53-38-46(31-34-56(53)66-57)45-30-33-55-52(37-45)51-21-9-10-23-54(51)65(55)49-32-29-40-15-7-8-18-44(40)36-49/h1-38H. The Labute approximate surface area is 385 Å². The molecule has 3 heterocycles. The second-order valence-electron chi connectivity index (χ2n) is 16.8. The third-order valence-corrected chi connectivity index (χ3v) is 14.0. The third-order valence-electron chi connectivity index (χ3n) is 12.8. The summed E-state index contributed by atoms with van der Waals surface area (Å²) >= 11 is 1.84. The summed E-state index contributed by atoms with van der Waals surface area (Å²) in [6.45, 7) is 0. The summed E-state index contributed by atoms with van der Waals surface area (Å²) in [6.07, 6.45) is 0. The van der Waals surface area contributed by atoms with Crippen LogP contribution in [0.4, 0.5) is 0 Å². The Kier molecular flexibility index (Phi) is 9.00. The van der Waals surface area contributed by atoms with Gasteiger partial charge >= 0.3 is 0 Å². The lowest BCUT2D eigenvalue weighted by Gasteiger charge is -2.11. The van der Waals surface area contributed by atoms with E-state index in [0.717, 1.165) is 33.5 Å². The third kappa shape index (κ3) is 6.56. The lowest BCUT2D eigenvalue weighted by molar-refractivity contribution is 1.07. The van der Waals surface area contributed by atoms with Crippen molar-refractivity contribution in [3.8, 4) is 73.2 Å². The van der Waals surface area contributed by atoms with E-state index in [1.165, 1.54) is 75.0 Å². The zero-order valence-electron chi connectivity index (χ0n) is 35.6. The molecule has 0 spiro atoms. The van der Waals surface area contributed by atoms with Crippen LogP contribution in [0.3, 0.4) is 0 Å². The van der Waals surface area contributed by atoms with Crippen molar-refractivity contribution in [3.63, 3.8) is 0 Å². The number of nitrogens with zero attached hydrogens (tertiary/aromatic N) is 4. The van der Waals surface area contributed by atoms with Gasteiger partial charge in [-0.05, 0) is 98.8 Å². The minimum atomic E-state index is 0.634. The summed E-state index contributed by atoms with van der Waals surface area (Å²) in [5.74, 6) is 1.91. The zero-order chi connectivity index (χ0) is 43.6. The van der Waals surface area contributed by atoms with Crippen LogP contribution in [-0.2, 0) is 0 Å². The number of para-hydroxylation sites is 1. The summed E-state index contributed by atoms with van der Waals surface area (Å²) < 4.78 is 4.92. The van der Waals surface area contributed by atoms with Crippen LogP contribution in [0.15, 0.2) is 231 Å². The molecule has 0 saturated heterocycles. The molecule has 66 heavy (non-hydrogen) atoms. The normalized spacial score (nSPS) is 11.6. The van der Waals surface area contributed by atoms with Crippen LogP contribution in [0.5, 0.6) is 0 Å². The molecule has 0 radical (unpaired) electrons. The molecule has 0 N–H and O–H groups in total. The van der Waals surface area contributed by atoms with Crippen LogP contribution in [0.1, 0.15) is 0 Å². The fourth-order valence-corrected chi connectivity index (χ4v) is 10.7. The smallest absolute Gasteiger partial charge is 0.164 e. The molecular formula is C61H38N4S. The first-order valence-corrected chi connectivity index (χ1v) is 23.1. The lowest BCUT2D eigenvalue weighted by atomic mass is 9.96. The predicted octanol–water partition coefficient (Wildman–Crippen LogP) is 16.5. The van der Waals surface area contributed by atoms with E-state index in [1.807, 2.05) is 35.6 Å². The Balaban J connectivity index is 0.906. The van der Waals surface area contributed by atoms with Gasteiger partial charge in [0.2, 0.25) is 0 Å². The molecule has 0 saturated carbocycles. The maximum absolute atomic E-state index is 5.13. The molecule has 0 atom stereocenters. The number of thiophene rings is 1. The van der Waals surface area contributed by atoms with Crippen LogP contribution in [0.25, 0.3) is 126 Å². The average molecular weight is 859 g/mol. The van der Waals surface area contributed by atoms with Crippen molar-refractivity contribution in [1.29, 1.82) is 0 Å². The first-order chi connectivity index (χ1) is 32.7. The van der Waals surface area contributed by atoms with E-state index >= 15 is 0 Å². The van der Waals surface area contributed by atoms with Gasteiger partial charge < -0.3 is 4.57 Å². The molecule has 10 aromatic carbocycles. The number of rotatable bonds is 7. The van der Waals surface area contributed by atoms with Gasteiger partial charge in [0, 0.05) is 53.3 Å².